The van der Waals surface area contributed by atoms with Crippen molar-refractivity contribution >= 4 is 11.6 Å². The number of nitrogens with one attached hydrogen (secondary N) is 1. The van der Waals surface area contributed by atoms with Gasteiger partial charge in [0.05, 0.1) is 0 Å². The highest BCUT2D eigenvalue weighted by atomic mass is 16.2. The lowest BCUT2D eigenvalue weighted by Crippen LogP contribution is -2.30. The number of nitrogens with zero attached hydrogens (tertiary/aromatic N) is 3. The molecule has 1 aliphatic heterocycles. The lowest BCUT2D eigenvalue weighted by molar-refractivity contribution is 0.0798. The highest BCUT2D eigenvalue weighted by Gasteiger charge is 2.12. The summed E-state index contributed by atoms with van der Waals surface area (Å²) in [6, 6.07) is 3.39. The number of amides is 1. The molecule has 0 saturated carbocycles. The summed E-state index contributed by atoms with van der Waals surface area (Å²) >= 11 is 0. The first-order chi connectivity index (χ1) is 8.27. The minimum Gasteiger partial charge on any atom is -0.316 e. The zero-order valence-electron chi connectivity index (χ0n) is 9.89. The van der Waals surface area contributed by atoms with Crippen LogP contribution in [0.2, 0.25) is 0 Å². The van der Waals surface area contributed by atoms with E-state index < -0.39 is 0 Å². The fourth-order valence-corrected chi connectivity index (χ4v) is 1.75. The SMILES string of the molecule is CN(N=C1CCNCC1)C(=O)c1ccncc1. The molecule has 5 nitrogen and oxygen atoms in total. The van der Waals surface area contributed by atoms with E-state index in [2.05, 4.69) is 15.4 Å². The molecule has 1 N–H and O–H groups in total. The van der Waals surface area contributed by atoms with Crippen LogP contribution in [-0.2, 0) is 0 Å². The summed E-state index contributed by atoms with van der Waals surface area (Å²) in [5.41, 5.74) is 1.69. The van der Waals surface area contributed by atoms with Crippen molar-refractivity contribution in [3.63, 3.8) is 0 Å². The molecule has 1 amide bonds. The van der Waals surface area contributed by atoms with E-state index in [0.29, 0.717) is 5.56 Å². The van der Waals surface area contributed by atoms with Gasteiger partial charge in [-0.3, -0.25) is 9.78 Å². The Morgan fingerprint density at radius 3 is 2.65 bits per heavy atom. The first-order valence-corrected chi connectivity index (χ1v) is 5.72. The van der Waals surface area contributed by atoms with Crippen LogP contribution in [0.1, 0.15) is 23.2 Å². The molecule has 1 aromatic heterocycles. The van der Waals surface area contributed by atoms with E-state index >= 15 is 0 Å². The van der Waals surface area contributed by atoms with E-state index in [-0.39, 0.29) is 5.91 Å². The fourth-order valence-electron chi connectivity index (χ4n) is 1.75. The van der Waals surface area contributed by atoms with Crippen molar-refractivity contribution in [2.75, 3.05) is 20.1 Å². The smallest absolute Gasteiger partial charge is 0.273 e. The Kier molecular flexibility index (Phi) is 3.82. The normalized spacial score (nSPS) is 15.5. The van der Waals surface area contributed by atoms with Gasteiger partial charge in [0.1, 0.15) is 0 Å². The van der Waals surface area contributed by atoms with Gasteiger partial charge in [0.15, 0.2) is 0 Å². The van der Waals surface area contributed by atoms with Crippen molar-refractivity contribution in [1.82, 2.24) is 15.3 Å². The van der Waals surface area contributed by atoms with Gasteiger partial charge in [0, 0.05) is 56.6 Å². The van der Waals surface area contributed by atoms with Crippen LogP contribution in [0.5, 0.6) is 0 Å². The van der Waals surface area contributed by atoms with E-state index in [9.17, 15) is 4.79 Å². The molecule has 17 heavy (non-hydrogen) atoms. The van der Waals surface area contributed by atoms with Gasteiger partial charge in [-0.25, -0.2) is 5.01 Å². The Morgan fingerprint density at radius 2 is 2.00 bits per heavy atom. The van der Waals surface area contributed by atoms with Crippen LogP contribution in [0, 0.1) is 0 Å². The maximum absolute atomic E-state index is 12.0. The number of hydrogen-bond donors (Lipinski definition) is 1. The molecule has 2 rings (SSSR count). The van der Waals surface area contributed by atoms with Crippen LogP contribution < -0.4 is 5.32 Å². The van der Waals surface area contributed by atoms with Gasteiger partial charge >= 0.3 is 0 Å². The third-order valence-corrected chi connectivity index (χ3v) is 2.69. The highest BCUT2D eigenvalue weighted by molar-refractivity contribution is 5.95. The quantitative estimate of drug-likeness (QED) is 0.770. The van der Waals surface area contributed by atoms with Crippen molar-refractivity contribution in [2.45, 2.75) is 12.8 Å². The molecule has 0 bridgehead atoms. The standard InChI is InChI=1S/C12H16N4O/c1-16(15-11-4-8-14-9-5-11)12(17)10-2-6-13-7-3-10/h2-3,6-7,14H,4-5,8-9H2,1H3. The molecule has 5 heteroatoms. The summed E-state index contributed by atoms with van der Waals surface area (Å²) in [7, 11) is 1.69. The van der Waals surface area contributed by atoms with Gasteiger partial charge in [-0.2, -0.15) is 5.10 Å². The second-order valence-corrected chi connectivity index (χ2v) is 3.98. The first-order valence-electron chi connectivity index (χ1n) is 5.72. The number of aromatic nitrogens is 1. The summed E-state index contributed by atoms with van der Waals surface area (Å²) in [6.07, 6.45) is 5.04. The Hall–Kier alpha value is -1.75. The minimum atomic E-state index is -0.0987. The van der Waals surface area contributed by atoms with E-state index in [4.69, 9.17) is 0 Å². The zero-order valence-corrected chi connectivity index (χ0v) is 9.89. The van der Waals surface area contributed by atoms with Crippen LogP contribution in [-0.4, -0.2) is 41.7 Å². The van der Waals surface area contributed by atoms with Crippen LogP contribution in [0.3, 0.4) is 0 Å². The highest BCUT2D eigenvalue weighted by Crippen LogP contribution is 2.05. The second-order valence-electron chi connectivity index (χ2n) is 3.98. The molecule has 0 spiro atoms. The van der Waals surface area contributed by atoms with Gasteiger partial charge in [0.2, 0.25) is 0 Å². The predicted octanol–water partition coefficient (Wildman–Crippen LogP) is 0.893. The Balaban J connectivity index is 2.04. The van der Waals surface area contributed by atoms with Crippen molar-refractivity contribution in [1.29, 1.82) is 0 Å². The lowest BCUT2D eigenvalue weighted by atomic mass is 10.1. The fraction of sp³-hybridized carbons (Fsp3) is 0.417. The Morgan fingerprint density at radius 1 is 1.35 bits per heavy atom. The number of carbonyl (C=O) groups excluding carboxylic acids is 1. The summed E-state index contributed by atoms with van der Waals surface area (Å²) < 4.78 is 0. The van der Waals surface area contributed by atoms with E-state index in [1.807, 2.05) is 0 Å². The summed E-state index contributed by atoms with van der Waals surface area (Å²) in [5.74, 6) is -0.0987. The van der Waals surface area contributed by atoms with Crippen LogP contribution in [0.4, 0.5) is 0 Å². The molecule has 0 aliphatic carbocycles. The van der Waals surface area contributed by atoms with Gasteiger partial charge in [-0.15, -0.1) is 0 Å². The molecular formula is C12H16N4O. The first kappa shape index (κ1) is 11.7. The molecule has 1 saturated heterocycles. The molecule has 0 aromatic carbocycles. The topological polar surface area (TPSA) is 57.6 Å². The van der Waals surface area contributed by atoms with E-state index in [1.54, 1.807) is 31.6 Å². The third-order valence-electron chi connectivity index (χ3n) is 2.69. The van der Waals surface area contributed by atoms with Crippen molar-refractivity contribution in [3.8, 4) is 0 Å². The maximum atomic E-state index is 12.0. The summed E-state index contributed by atoms with van der Waals surface area (Å²) in [4.78, 5) is 15.9. The molecular weight excluding hydrogens is 216 g/mol. The summed E-state index contributed by atoms with van der Waals surface area (Å²) in [5, 5.41) is 9.02. The molecule has 0 radical (unpaired) electrons. The molecule has 1 aliphatic rings. The van der Waals surface area contributed by atoms with E-state index in [0.717, 1.165) is 31.6 Å². The van der Waals surface area contributed by atoms with Gasteiger partial charge in [-0.1, -0.05) is 0 Å². The second kappa shape index (κ2) is 5.54. The number of hydrogen-bond acceptors (Lipinski definition) is 4. The number of piperidine rings is 1. The third kappa shape index (κ3) is 3.10. The lowest BCUT2D eigenvalue weighted by Gasteiger charge is -2.18. The average molecular weight is 232 g/mol. The average Bonchev–Trinajstić information content (AvgIpc) is 2.40. The molecule has 0 unspecified atom stereocenters. The van der Waals surface area contributed by atoms with E-state index in [1.165, 1.54) is 5.01 Å². The van der Waals surface area contributed by atoms with Gasteiger partial charge in [-0.05, 0) is 12.1 Å². The molecule has 90 valence electrons. The zero-order chi connectivity index (χ0) is 12.1. The molecule has 1 aromatic rings. The number of pyridine rings is 1. The maximum Gasteiger partial charge on any atom is 0.273 e. The van der Waals surface area contributed by atoms with Gasteiger partial charge in [0.25, 0.3) is 5.91 Å². The van der Waals surface area contributed by atoms with Crippen molar-refractivity contribution in [3.05, 3.63) is 30.1 Å². The molecule has 1 fully saturated rings. The molecule has 0 atom stereocenters. The Labute approximate surface area is 101 Å². The van der Waals surface area contributed by atoms with Crippen molar-refractivity contribution in [2.24, 2.45) is 5.10 Å². The molecule has 2 heterocycles. The van der Waals surface area contributed by atoms with Gasteiger partial charge < -0.3 is 5.32 Å². The number of carbonyl (C=O) groups is 1. The van der Waals surface area contributed by atoms with Crippen LogP contribution in [0.25, 0.3) is 0 Å². The Bertz CT molecular complexity index is 408. The number of hydrazone groups is 1. The minimum absolute atomic E-state index is 0.0987. The van der Waals surface area contributed by atoms with Crippen LogP contribution in [0.15, 0.2) is 29.6 Å². The predicted molar refractivity (Wildman–Crippen MR) is 65.9 cm³/mol. The van der Waals surface area contributed by atoms with Crippen LogP contribution >= 0.6 is 0 Å². The largest absolute Gasteiger partial charge is 0.316 e. The number of rotatable bonds is 2. The summed E-state index contributed by atoms with van der Waals surface area (Å²) in [6.45, 7) is 1.88. The monoisotopic (exact) mass is 232 g/mol. The van der Waals surface area contributed by atoms with Crippen molar-refractivity contribution < 1.29 is 4.79 Å².